The molecule has 0 radical (unpaired) electrons. The Kier molecular flexibility index (Phi) is 6.21. The fraction of sp³-hybridized carbons (Fsp3) is 0.308. The first kappa shape index (κ1) is 15.4. The number of benzene rings is 1. The van der Waals surface area contributed by atoms with Crippen molar-refractivity contribution in [2.24, 2.45) is 5.10 Å². The summed E-state index contributed by atoms with van der Waals surface area (Å²) in [6.07, 6.45) is 0.767. The standard InChI is InChI=1S/C13H16BrN3O2/c1-3-9(2)16-17-12(18)8-15-13(19)10-6-4-5-7-11(10)14/h4-7H,3,8H2,1-2H3,(H,15,19)(H,17,18)/b16-9-. The van der Waals surface area contributed by atoms with E-state index in [1.165, 1.54) is 0 Å². The Bertz CT molecular complexity index is 500. The predicted octanol–water partition coefficient (Wildman–Crippen LogP) is 2.08. The molecule has 1 aromatic rings. The van der Waals surface area contributed by atoms with Crippen molar-refractivity contribution in [3.05, 3.63) is 34.3 Å². The van der Waals surface area contributed by atoms with E-state index in [-0.39, 0.29) is 18.4 Å². The maximum absolute atomic E-state index is 11.8. The number of amides is 2. The zero-order valence-corrected chi connectivity index (χ0v) is 12.5. The number of halogens is 1. The SMILES string of the molecule is CC/C(C)=N\NC(=O)CNC(=O)c1ccccc1Br. The smallest absolute Gasteiger partial charge is 0.259 e. The monoisotopic (exact) mass is 325 g/mol. The van der Waals surface area contributed by atoms with Gasteiger partial charge in [-0.25, -0.2) is 5.43 Å². The molecular weight excluding hydrogens is 310 g/mol. The highest BCUT2D eigenvalue weighted by molar-refractivity contribution is 9.10. The Morgan fingerprint density at radius 3 is 2.63 bits per heavy atom. The van der Waals surface area contributed by atoms with Crippen LogP contribution in [0.2, 0.25) is 0 Å². The molecule has 19 heavy (non-hydrogen) atoms. The van der Waals surface area contributed by atoms with Crippen LogP contribution in [0, 0.1) is 0 Å². The van der Waals surface area contributed by atoms with E-state index in [0.29, 0.717) is 10.0 Å². The average molecular weight is 326 g/mol. The number of carbonyl (C=O) groups excluding carboxylic acids is 2. The third-order valence-electron chi connectivity index (χ3n) is 2.41. The molecule has 0 atom stereocenters. The van der Waals surface area contributed by atoms with Gasteiger partial charge in [0.25, 0.3) is 11.8 Å². The minimum absolute atomic E-state index is 0.110. The minimum atomic E-state index is -0.354. The molecule has 6 heteroatoms. The van der Waals surface area contributed by atoms with Gasteiger partial charge in [-0.15, -0.1) is 0 Å². The number of nitrogens with zero attached hydrogens (tertiary/aromatic N) is 1. The van der Waals surface area contributed by atoms with E-state index in [1.54, 1.807) is 18.2 Å². The van der Waals surface area contributed by atoms with Gasteiger partial charge in [-0.2, -0.15) is 5.10 Å². The summed E-state index contributed by atoms with van der Waals surface area (Å²) in [6.45, 7) is 3.65. The molecule has 0 heterocycles. The lowest BCUT2D eigenvalue weighted by Gasteiger charge is -2.06. The molecule has 0 aromatic heterocycles. The molecule has 1 rings (SSSR count). The van der Waals surface area contributed by atoms with Gasteiger partial charge in [0, 0.05) is 10.2 Å². The summed E-state index contributed by atoms with van der Waals surface area (Å²) in [7, 11) is 0. The van der Waals surface area contributed by atoms with E-state index >= 15 is 0 Å². The van der Waals surface area contributed by atoms with Crippen LogP contribution in [0.1, 0.15) is 30.6 Å². The Morgan fingerprint density at radius 1 is 1.32 bits per heavy atom. The summed E-state index contributed by atoms with van der Waals surface area (Å²) in [5.74, 6) is -0.660. The summed E-state index contributed by atoms with van der Waals surface area (Å²) in [4.78, 5) is 23.2. The molecule has 102 valence electrons. The van der Waals surface area contributed by atoms with E-state index < -0.39 is 0 Å². The summed E-state index contributed by atoms with van der Waals surface area (Å²) < 4.78 is 0.688. The molecule has 0 fully saturated rings. The number of carbonyl (C=O) groups is 2. The van der Waals surface area contributed by atoms with Crippen LogP contribution in [0.15, 0.2) is 33.8 Å². The Labute approximate surface area is 120 Å². The third-order valence-corrected chi connectivity index (χ3v) is 3.10. The van der Waals surface area contributed by atoms with Crippen LogP contribution in [0.5, 0.6) is 0 Å². The van der Waals surface area contributed by atoms with Gasteiger partial charge in [0.2, 0.25) is 0 Å². The average Bonchev–Trinajstić information content (AvgIpc) is 2.42. The van der Waals surface area contributed by atoms with Crippen molar-refractivity contribution < 1.29 is 9.59 Å². The second kappa shape index (κ2) is 7.68. The van der Waals surface area contributed by atoms with Crippen LogP contribution >= 0.6 is 15.9 Å². The van der Waals surface area contributed by atoms with Gasteiger partial charge >= 0.3 is 0 Å². The molecule has 0 saturated heterocycles. The Morgan fingerprint density at radius 2 is 2.00 bits per heavy atom. The summed E-state index contributed by atoms with van der Waals surface area (Å²) in [5.41, 5.74) is 3.69. The van der Waals surface area contributed by atoms with Crippen LogP contribution in [0.3, 0.4) is 0 Å². The molecule has 0 spiro atoms. The highest BCUT2D eigenvalue weighted by Crippen LogP contribution is 2.15. The van der Waals surface area contributed by atoms with Gasteiger partial charge < -0.3 is 5.32 Å². The van der Waals surface area contributed by atoms with E-state index in [4.69, 9.17) is 0 Å². The zero-order valence-electron chi connectivity index (χ0n) is 10.9. The van der Waals surface area contributed by atoms with Gasteiger partial charge in [-0.1, -0.05) is 19.1 Å². The van der Waals surface area contributed by atoms with E-state index in [1.807, 2.05) is 19.9 Å². The minimum Gasteiger partial charge on any atom is -0.343 e. The van der Waals surface area contributed by atoms with E-state index in [2.05, 4.69) is 31.8 Å². The van der Waals surface area contributed by atoms with E-state index in [0.717, 1.165) is 12.1 Å². The Hall–Kier alpha value is -1.69. The van der Waals surface area contributed by atoms with Gasteiger partial charge in [-0.05, 0) is 41.4 Å². The van der Waals surface area contributed by atoms with Crippen molar-refractivity contribution >= 4 is 33.5 Å². The number of nitrogens with one attached hydrogen (secondary N) is 2. The van der Waals surface area contributed by atoms with Crippen LogP contribution < -0.4 is 10.7 Å². The number of rotatable bonds is 5. The fourth-order valence-corrected chi connectivity index (χ4v) is 1.64. The lowest BCUT2D eigenvalue weighted by molar-refractivity contribution is -0.120. The van der Waals surface area contributed by atoms with Crippen molar-refractivity contribution in [3.63, 3.8) is 0 Å². The molecule has 2 N–H and O–H groups in total. The first-order chi connectivity index (χ1) is 9.04. The maximum atomic E-state index is 11.8. The second-order valence-corrected chi connectivity index (χ2v) is 4.75. The largest absolute Gasteiger partial charge is 0.343 e. The first-order valence-electron chi connectivity index (χ1n) is 5.89. The first-order valence-corrected chi connectivity index (χ1v) is 6.68. The molecule has 0 bridgehead atoms. The summed E-state index contributed by atoms with van der Waals surface area (Å²) >= 11 is 3.28. The van der Waals surface area contributed by atoms with Crippen molar-refractivity contribution in [2.45, 2.75) is 20.3 Å². The van der Waals surface area contributed by atoms with Gasteiger partial charge in [-0.3, -0.25) is 9.59 Å². The van der Waals surface area contributed by atoms with Crippen molar-refractivity contribution in [1.29, 1.82) is 0 Å². The van der Waals surface area contributed by atoms with Crippen molar-refractivity contribution in [1.82, 2.24) is 10.7 Å². The molecule has 0 unspecified atom stereocenters. The molecular formula is C13H16BrN3O2. The van der Waals surface area contributed by atoms with Crippen LogP contribution in [-0.4, -0.2) is 24.1 Å². The molecule has 0 aliphatic heterocycles. The van der Waals surface area contributed by atoms with Crippen molar-refractivity contribution in [3.8, 4) is 0 Å². The molecule has 5 nitrogen and oxygen atoms in total. The van der Waals surface area contributed by atoms with Crippen LogP contribution in [-0.2, 0) is 4.79 Å². The number of hydrazone groups is 1. The van der Waals surface area contributed by atoms with Gasteiger partial charge in [0.15, 0.2) is 0 Å². The highest BCUT2D eigenvalue weighted by atomic mass is 79.9. The third kappa shape index (κ3) is 5.21. The highest BCUT2D eigenvalue weighted by Gasteiger charge is 2.10. The van der Waals surface area contributed by atoms with Gasteiger partial charge in [0.05, 0.1) is 12.1 Å². The Balaban J connectivity index is 2.47. The van der Waals surface area contributed by atoms with Crippen LogP contribution in [0.4, 0.5) is 0 Å². The zero-order chi connectivity index (χ0) is 14.3. The maximum Gasteiger partial charge on any atom is 0.259 e. The number of hydrogen-bond acceptors (Lipinski definition) is 3. The molecule has 1 aromatic carbocycles. The lowest BCUT2D eigenvalue weighted by atomic mass is 10.2. The summed E-state index contributed by atoms with van der Waals surface area (Å²) in [5, 5.41) is 6.40. The quantitative estimate of drug-likeness (QED) is 0.642. The predicted molar refractivity (Wildman–Crippen MR) is 78.0 cm³/mol. The number of hydrogen-bond donors (Lipinski definition) is 2. The summed E-state index contributed by atoms with van der Waals surface area (Å²) in [6, 6.07) is 7.02. The fourth-order valence-electron chi connectivity index (χ4n) is 1.18. The molecule has 0 saturated carbocycles. The van der Waals surface area contributed by atoms with Gasteiger partial charge in [0.1, 0.15) is 0 Å². The van der Waals surface area contributed by atoms with Crippen LogP contribution in [0.25, 0.3) is 0 Å². The van der Waals surface area contributed by atoms with Crippen molar-refractivity contribution in [2.75, 3.05) is 6.54 Å². The topological polar surface area (TPSA) is 70.6 Å². The second-order valence-electron chi connectivity index (χ2n) is 3.90. The molecule has 0 aliphatic rings. The van der Waals surface area contributed by atoms with E-state index in [9.17, 15) is 9.59 Å². The normalized spacial score (nSPS) is 11.0. The molecule has 0 aliphatic carbocycles. The lowest BCUT2D eigenvalue weighted by Crippen LogP contribution is -2.35. The molecule has 2 amide bonds.